The number of hydrogen-bond donors (Lipinski definition) is 1. The van der Waals surface area contributed by atoms with E-state index in [2.05, 4.69) is 11.4 Å². The fourth-order valence-corrected chi connectivity index (χ4v) is 2.23. The topological polar surface area (TPSA) is 43.3 Å². The smallest absolute Gasteiger partial charge is 0.253 e. The van der Waals surface area contributed by atoms with Crippen molar-refractivity contribution in [2.24, 2.45) is 0 Å². The zero-order chi connectivity index (χ0) is 14.5. The molecule has 1 N–H and O–H groups in total. The van der Waals surface area contributed by atoms with Crippen molar-refractivity contribution in [2.45, 2.75) is 20.0 Å². The zero-order valence-corrected chi connectivity index (χ0v) is 12.1. The van der Waals surface area contributed by atoms with Crippen LogP contribution in [0, 0.1) is 6.92 Å². The van der Waals surface area contributed by atoms with Gasteiger partial charge in [0.25, 0.3) is 5.56 Å². The number of aryl methyl sites for hydroxylation is 1. The van der Waals surface area contributed by atoms with E-state index in [0.29, 0.717) is 6.54 Å². The lowest BCUT2D eigenvalue weighted by Gasteiger charge is -2.12. The van der Waals surface area contributed by atoms with Crippen LogP contribution in [0.1, 0.15) is 16.7 Å². The molecule has 0 aliphatic heterocycles. The minimum absolute atomic E-state index is 0.0357. The molecule has 0 bridgehead atoms. The number of hydrogen-bond acceptors (Lipinski definition) is 3. The molecule has 0 amide bonds. The number of ether oxygens (including phenoxy) is 1. The van der Waals surface area contributed by atoms with Crippen molar-refractivity contribution < 1.29 is 4.74 Å². The van der Waals surface area contributed by atoms with Gasteiger partial charge in [-0.3, -0.25) is 4.79 Å². The van der Waals surface area contributed by atoms with E-state index in [1.54, 1.807) is 17.9 Å². The van der Waals surface area contributed by atoms with Crippen LogP contribution in [0.25, 0.3) is 0 Å². The Morgan fingerprint density at radius 3 is 2.80 bits per heavy atom. The number of rotatable bonds is 5. The molecule has 0 saturated carbocycles. The first-order valence-corrected chi connectivity index (χ1v) is 6.62. The Morgan fingerprint density at radius 1 is 1.30 bits per heavy atom. The second-order valence-electron chi connectivity index (χ2n) is 4.80. The second-order valence-corrected chi connectivity index (χ2v) is 4.80. The summed E-state index contributed by atoms with van der Waals surface area (Å²) in [7, 11) is 3.56. The molecular formula is C16H20N2O2. The highest BCUT2D eigenvalue weighted by Crippen LogP contribution is 2.20. The van der Waals surface area contributed by atoms with Crippen molar-refractivity contribution in [1.82, 2.24) is 9.88 Å². The molecule has 0 aliphatic rings. The van der Waals surface area contributed by atoms with Crippen molar-refractivity contribution in [2.75, 3.05) is 14.2 Å². The Bertz CT molecular complexity index is 647. The van der Waals surface area contributed by atoms with Crippen molar-refractivity contribution in [3.8, 4) is 5.75 Å². The maximum absolute atomic E-state index is 12.1. The lowest BCUT2D eigenvalue weighted by molar-refractivity contribution is 0.408. The van der Waals surface area contributed by atoms with E-state index in [9.17, 15) is 4.79 Å². The number of pyridine rings is 1. The van der Waals surface area contributed by atoms with Crippen molar-refractivity contribution in [1.29, 1.82) is 0 Å². The molecule has 0 aliphatic carbocycles. The van der Waals surface area contributed by atoms with Crippen molar-refractivity contribution >= 4 is 0 Å². The third-order valence-electron chi connectivity index (χ3n) is 3.28. The molecule has 0 saturated heterocycles. The number of benzene rings is 1. The first-order valence-electron chi connectivity index (χ1n) is 6.62. The quantitative estimate of drug-likeness (QED) is 0.904. The number of nitrogens with one attached hydrogen (secondary N) is 1. The van der Waals surface area contributed by atoms with E-state index in [-0.39, 0.29) is 5.56 Å². The van der Waals surface area contributed by atoms with E-state index >= 15 is 0 Å². The van der Waals surface area contributed by atoms with Gasteiger partial charge in [0.1, 0.15) is 5.75 Å². The molecule has 0 fully saturated rings. The van der Waals surface area contributed by atoms with E-state index in [4.69, 9.17) is 4.74 Å². The summed E-state index contributed by atoms with van der Waals surface area (Å²) in [4.78, 5) is 12.1. The largest absolute Gasteiger partial charge is 0.496 e. The molecule has 2 rings (SSSR count). The van der Waals surface area contributed by atoms with Crippen molar-refractivity contribution in [3.05, 3.63) is 63.6 Å². The summed E-state index contributed by atoms with van der Waals surface area (Å²) in [6.45, 7) is 3.13. The van der Waals surface area contributed by atoms with Gasteiger partial charge in [-0.2, -0.15) is 0 Å². The number of methoxy groups -OCH3 is 1. The average molecular weight is 272 g/mol. The minimum Gasteiger partial charge on any atom is -0.496 e. The number of aromatic nitrogens is 1. The molecule has 4 heteroatoms. The molecule has 0 atom stereocenters. The zero-order valence-electron chi connectivity index (χ0n) is 12.1. The first-order chi connectivity index (χ1) is 9.65. The van der Waals surface area contributed by atoms with Crippen molar-refractivity contribution in [3.63, 3.8) is 0 Å². The fourth-order valence-electron chi connectivity index (χ4n) is 2.23. The van der Waals surface area contributed by atoms with Gasteiger partial charge in [0.05, 0.1) is 13.7 Å². The van der Waals surface area contributed by atoms with Crippen LogP contribution in [0.15, 0.2) is 41.3 Å². The molecule has 20 heavy (non-hydrogen) atoms. The van der Waals surface area contributed by atoms with Crippen LogP contribution < -0.4 is 15.6 Å². The maximum Gasteiger partial charge on any atom is 0.253 e. The van der Waals surface area contributed by atoms with Crippen LogP contribution in [0.4, 0.5) is 0 Å². The third-order valence-corrected chi connectivity index (χ3v) is 3.28. The van der Waals surface area contributed by atoms with Crippen LogP contribution >= 0.6 is 0 Å². The van der Waals surface area contributed by atoms with Crippen LogP contribution in [-0.4, -0.2) is 18.7 Å². The van der Waals surface area contributed by atoms with E-state index in [1.807, 2.05) is 38.2 Å². The summed E-state index contributed by atoms with van der Waals surface area (Å²) in [5, 5.41) is 3.12. The van der Waals surface area contributed by atoms with Crippen LogP contribution in [0.5, 0.6) is 5.75 Å². The lowest BCUT2D eigenvalue weighted by atomic mass is 10.1. The van der Waals surface area contributed by atoms with Gasteiger partial charge in [-0.1, -0.05) is 12.1 Å². The summed E-state index contributed by atoms with van der Waals surface area (Å²) in [5.41, 5.74) is 2.96. The highest BCUT2D eigenvalue weighted by Gasteiger charge is 2.07. The Balaban J connectivity index is 2.38. The average Bonchev–Trinajstić information content (AvgIpc) is 2.45. The fraction of sp³-hybridized carbons (Fsp3) is 0.312. The lowest BCUT2D eigenvalue weighted by Crippen LogP contribution is -2.22. The molecule has 1 aromatic carbocycles. The summed E-state index contributed by atoms with van der Waals surface area (Å²) in [6.07, 6.45) is 1.81. The molecule has 0 spiro atoms. The molecule has 4 nitrogen and oxygen atoms in total. The summed E-state index contributed by atoms with van der Waals surface area (Å²) in [6, 6.07) is 9.76. The van der Waals surface area contributed by atoms with Gasteiger partial charge in [0, 0.05) is 23.9 Å². The molecule has 0 radical (unpaired) electrons. The van der Waals surface area contributed by atoms with E-state index < -0.39 is 0 Å². The predicted molar refractivity (Wildman–Crippen MR) is 80.3 cm³/mol. The Hall–Kier alpha value is -2.07. The van der Waals surface area contributed by atoms with E-state index in [0.717, 1.165) is 23.4 Å². The van der Waals surface area contributed by atoms with Crippen LogP contribution in [0.2, 0.25) is 0 Å². The van der Waals surface area contributed by atoms with Gasteiger partial charge in [-0.25, -0.2) is 0 Å². The minimum atomic E-state index is 0.0357. The maximum atomic E-state index is 12.1. The summed E-state index contributed by atoms with van der Waals surface area (Å²) >= 11 is 0. The van der Waals surface area contributed by atoms with Crippen LogP contribution in [-0.2, 0) is 13.1 Å². The van der Waals surface area contributed by atoms with Gasteiger partial charge < -0.3 is 14.6 Å². The molecule has 1 aromatic heterocycles. The molecule has 106 valence electrons. The first kappa shape index (κ1) is 14.3. The van der Waals surface area contributed by atoms with Crippen LogP contribution in [0.3, 0.4) is 0 Å². The van der Waals surface area contributed by atoms with E-state index in [1.165, 1.54) is 5.56 Å². The predicted octanol–water partition coefficient (Wildman–Crippen LogP) is 1.93. The second kappa shape index (κ2) is 6.39. The third kappa shape index (κ3) is 3.08. The van der Waals surface area contributed by atoms with Gasteiger partial charge in [-0.15, -0.1) is 0 Å². The Kier molecular flexibility index (Phi) is 4.58. The number of nitrogens with zero attached hydrogens (tertiary/aromatic N) is 1. The Labute approximate surface area is 119 Å². The molecule has 2 aromatic rings. The highest BCUT2D eigenvalue weighted by molar-refractivity contribution is 5.37. The summed E-state index contributed by atoms with van der Waals surface area (Å²) < 4.78 is 7.09. The SMILES string of the molecule is CNCc1ccc(OC)c(Cn2cccc(C)c2=O)c1. The standard InChI is InChI=1S/C16H20N2O2/c1-12-5-4-8-18(16(12)19)11-14-9-13(10-17-2)6-7-15(14)20-3/h4-9,17H,10-11H2,1-3H3. The van der Waals surface area contributed by atoms with Gasteiger partial charge in [0.15, 0.2) is 0 Å². The molecule has 0 unspecified atom stereocenters. The Morgan fingerprint density at radius 2 is 2.10 bits per heavy atom. The molecule has 1 heterocycles. The van der Waals surface area contributed by atoms with Gasteiger partial charge in [-0.05, 0) is 37.7 Å². The normalized spacial score (nSPS) is 10.6. The van der Waals surface area contributed by atoms with Gasteiger partial charge >= 0.3 is 0 Å². The monoisotopic (exact) mass is 272 g/mol. The highest BCUT2D eigenvalue weighted by atomic mass is 16.5. The van der Waals surface area contributed by atoms with Gasteiger partial charge in [0.2, 0.25) is 0 Å². The summed E-state index contributed by atoms with van der Waals surface area (Å²) in [5.74, 6) is 0.804. The molecular weight excluding hydrogens is 252 g/mol.